The van der Waals surface area contributed by atoms with Crippen molar-refractivity contribution < 1.29 is 9.59 Å². The summed E-state index contributed by atoms with van der Waals surface area (Å²) < 4.78 is 0. The average molecular weight is 400 g/mol. The first-order valence-corrected chi connectivity index (χ1v) is 10.9. The van der Waals surface area contributed by atoms with Crippen LogP contribution in [0.3, 0.4) is 0 Å². The van der Waals surface area contributed by atoms with Crippen LogP contribution in [-0.4, -0.2) is 41.3 Å². The number of thiazole rings is 1. The van der Waals surface area contributed by atoms with Crippen molar-refractivity contribution in [3.8, 4) is 0 Å². The molecule has 0 saturated carbocycles. The Kier molecular flexibility index (Phi) is 6.83. The van der Waals surface area contributed by atoms with Crippen LogP contribution in [0.15, 0.2) is 29.6 Å². The molecule has 1 fully saturated rings. The molecule has 2 aromatic rings. The molecule has 1 atom stereocenters. The van der Waals surface area contributed by atoms with Gasteiger partial charge in [0.25, 0.3) is 5.91 Å². The molecule has 3 rings (SSSR count). The summed E-state index contributed by atoms with van der Waals surface area (Å²) in [5.41, 5.74) is 2.84. The maximum absolute atomic E-state index is 12.9. The number of benzene rings is 1. The number of nitrogens with zero attached hydrogens (tertiary/aromatic N) is 2. The van der Waals surface area contributed by atoms with Gasteiger partial charge < -0.3 is 10.2 Å². The number of nitrogens with one attached hydrogen (secondary N) is 1. The first-order chi connectivity index (χ1) is 13.5. The maximum Gasteiger partial charge on any atom is 0.254 e. The van der Waals surface area contributed by atoms with E-state index in [9.17, 15) is 9.59 Å². The highest BCUT2D eigenvalue weighted by Gasteiger charge is 2.27. The molecule has 150 valence electrons. The number of hydrogen-bond acceptors (Lipinski definition) is 4. The molecule has 0 aliphatic carbocycles. The minimum Gasteiger partial charge on any atom is -0.355 e. The average Bonchev–Trinajstić information content (AvgIpc) is 3.17. The van der Waals surface area contributed by atoms with Crippen molar-refractivity contribution >= 4 is 23.2 Å². The third-order valence-corrected chi connectivity index (χ3v) is 6.26. The molecule has 2 amide bonds. The number of carbonyl (C=O) groups excluding carboxylic acids is 2. The van der Waals surface area contributed by atoms with Gasteiger partial charge in [-0.15, -0.1) is 11.3 Å². The van der Waals surface area contributed by atoms with Crippen LogP contribution in [0.1, 0.15) is 59.2 Å². The molecule has 0 bridgehead atoms. The molecule has 1 saturated heterocycles. The number of aryl methyl sites for hydroxylation is 1. The lowest BCUT2D eigenvalue weighted by Gasteiger charge is -2.32. The number of likely N-dealkylation sites (tertiary alicyclic amines) is 1. The minimum atomic E-state index is 0.00463. The molecule has 28 heavy (non-hydrogen) atoms. The van der Waals surface area contributed by atoms with Crippen LogP contribution in [0.5, 0.6) is 0 Å². The lowest BCUT2D eigenvalue weighted by Crippen LogP contribution is -2.39. The number of aromatic nitrogens is 1. The highest BCUT2D eigenvalue weighted by molar-refractivity contribution is 7.09. The fourth-order valence-corrected chi connectivity index (χ4v) is 4.47. The van der Waals surface area contributed by atoms with E-state index in [1.807, 2.05) is 49.9 Å². The van der Waals surface area contributed by atoms with Crippen LogP contribution in [0.25, 0.3) is 0 Å². The van der Waals surface area contributed by atoms with Gasteiger partial charge >= 0.3 is 0 Å². The molecule has 1 aromatic carbocycles. The van der Waals surface area contributed by atoms with E-state index in [2.05, 4.69) is 10.7 Å². The van der Waals surface area contributed by atoms with Gasteiger partial charge in [0.2, 0.25) is 5.91 Å². The highest BCUT2D eigenvalue weighted by atomic mass is 32.1. The normalized spacial score (nSPS) is 17.0. The van der Waals surface area contributed by atoms with Gasteiger partial charge in [-0.2, -0.15) is 0 Å². The standard InChI is InChI=1S/C22H29N3O2S/c1-15(2)20(26)23-11-10-18-14-28-21(24-18)17-8-6-12-25(13-17)22(27)19-9-5-4-7-16(19)3/h4-5,7,9,14-15,17H,6,8,10-13H2,1-3H3,(H,23,26). The first-order valence-electron chi connectivity index (χ1n) is 10.0. The monoisotopic (exact) mass is 399 g/mol. The molecular formula is C22H29N3O2S. The van der Waals surface area contributed by atoms with Gasteiger partial charge in [0.05, 0.1) is 10.7 Å². The Morgan fingerprint density at radius 2 is 2.11 bits per heavy atom. The molecule has 0 spiro atoms. The van der Waals surface area contributed by atoms with Crippen LogP contribution in [0.4, 0.5) is 0 Å². The fraction of sp³-hybridized carbons (Fsp3) is 0.500. The molecule has 1 N–H and O–H groups in total. The molecular weight excluding hydrogens is 370 g/mol. The van der Waals surface area contributed by atoms with Crippen molar-refractivity contribution in [2.24, 2.45) is 5.92 Å². The third kappa shape index (κ3) is 4.98. The van der Waals surface area contributed by atoms with E-state index in [1.165, 1.54) is 0 Å². The van der Waals surface area contributed by atoms with Gasteiger partial charge in [0.1, 0.15) is 0 Å². The van der Waals surface area contributed by atoms with Crippen molar-refractivity contribution in [3.05, 3.63) is 51.5 Å². The molecule has 1 aromatic heterocycles. The molecule has 6 heteroatoms. The van der Waals surface area contributed by atoms with Gasteiger partial charge in [-0.1, -0.05) is 32.0 Å². The summed E-state index contributed by atoms with van der Waals surface area (Å²) in [4.78, 5) is 31.4. The van der Waals surface area contributed by atoms with Crippen molar-refractivity contribution in [1.82, 2.24) is 15.2 Å². The molecule has 1 aliphatic heterocycles. The van der Waals surface area contributed by atoms with Crippen LogP contribution < -0.4 is 5.32 Å². The number of amides is 2. The molecule has 5 nitrogen and oxygen atoms in total. The van der Waals surface area contributed by atoms with Gasteiger partial charge in [-0.3, -0.25) is 9.59 Å². The molecule has 0 radical (unpaired) electrons. The second kappa shape index (κ2) is 9.32. The van der Waals surface area contributed by atoms with Gasteiger partial charge in [-0.05, 0) is 31.4 Å². The summed E-state index contributed by atoms with van der Waals surface area (Å²) in [6.07, 6.45) is 2.81. The summed E-state index contributed by atoms with van der Waals surface area (Å²) >= 11 is 1.67. The summed E-state index contributed by atoms with van der Waals surface area (Å²) in [6.45, 7) is 7.92. The quantitative estimate of drug-likeness (QED) is 0.804. The Bertz CT molecular complexity index is 831. The van der Waals surface area contributed by atoms with E-state index >= 15 is 0 Å². The topological polar surface area (TPSA) is 62.3 Å². The van der Waals surface area contributed by atoms with Crippen molar-refractivity contribution in [3.63, 3.8) is 0 Å². The van der Waals surface area contributed by atoms with E-state index in [0.29, 0.717) is 12.5 Å². The van der Waals surface area contributed by atoms with Crippen LogP contribution in [0, 0.1) is 12.8 Å². The zero-order valence-corrected chi connectivity index (χ0v) is 17.7. The van der Waals surface area contributed by atoms with E-state index in [4.69, 9.17) is 4.98 Å². The molecule has 1 unspecified atom stereocenters. The Balaban J connectivity index is 1.59. The number of hydrogen-bond donors (Lipinski definition) is 1. The van der Waals surface area contributed by atoms with Gasteiger partial charge in [0.15, 0.2) is 0 Å². The summed E-state index contributed by atoms with van der Waals surface area (Å²) in [6, 6.07) is 7.78. The van der Waals surface area contributed by atoms with E-state index in [1.54, 1.807) is 11.3 Å². The summed E-state index contributed by atoms with van der Waals surface area (Å²) in [7, 11) is 0. The Hall–Kier alpha value is -2.21. The summed E-state index contributed by atoms with van der Waals surface area (Å²) in [5, 5.41) is 6.12. The fourth-order valence-electron chi connectivity index (χ4n) is 3.49. The molecule has 2 heterocycles. The van der Waals surface area contributed by atoms with E-state index < -0.39 is 0 Å². The number of piperidine rings is 1. The molecule has 1 aliphatic rings. The second-order valence-electron chi connectivity index (χ2n) is 7.78. The minimum absolute atomic E-state index is 0.00463. The predicted molar refractivity (Wildman–Crippen MR) is 113 cm³/mol. The van der Waals surface area contributed by atoms with Gasteiger partial charge in [0, 0.05) is 48.8 Å². The van der Waals surface area contributed by atoms with E-state index in [-0.39, 0.29) is 17.7 Å². The predicted octanol–water partition coefficient (Wildman–Crippen LogP) is 3.79. The number of rotatable bonds is 6. The van der Waals surface area contributed by atoms with E-state index in [0.717, 1.165) is 54.2 Å². The lowest BCUT2D eigenvalue weighted by molar-refractivity contribution is -0.123. The largest absolute Gasteiger partial charge is 0.355 e. The van der Waals surface area contributed by atoms with Crippen LogP contribution in [0.2, 0.25) is 0 Å². The summed E-state index contributed by atoms with van der Waals surface area (Å²) in [5.74, 6) is 0.500. The Morgan fingerprint density at radius 3 is 2.86 bits per heavy atom. The Morgan fingerprint density at radius 1 is 1.32 bits per heavy atom. The Labute approximate surface area is 171 Å². The van der Waals surface area contributed by atoms with Crippen LogP contribution >= 0.6 is 11.3 Å². The third-order valence-electron chi connectivity index (χ3n) is 5.21. The van der Waals surface area contributed by atoms with Crippen molar-refractivity contribution in [2.45, 2.75) is 46.0 Å². The lowest BCUT2D eigenvalue weighted by atomic mass is 9.97. The van der Waals surface area contributed by atoms with Crippen molar-refractivity contribution in [2.75, 3.05) is 19.6 Å². The first kappa shape index (κ1) is 20.5. The highest BCUT2D eigenvalue weighted by Crippen LogP contribution is 2.30. The maximum atomic E-state index is 12.9. The van der Waals surface area contributed by atoms with Crippen molar-refractivity contribution in [1.29, 1.82) is 0 Å². The number of carbonyl (C=O) groups is 2. The zero-order chi connectivity index (χ0) is 20.1. The second-order valence-corrected chi connectivity index (χ2v) is 8.67. The zero-order valence-electron chi connectivity index (χ0n) is 16.9. The smallest absolute Gasteiger partial charge is 0.254 e. The van der Waals surface area contributed by atoms with Crippen LogP contribution in [-0.2, 0) is 11.2 Å². The SMILES string of the molecule is Cc1ccccc1C(=O)N1CCCC(c2nc(CCNC(=O)C(C)C)cs2)C1. The van der Waals surface area contributed by atoms with Gasteiger partial charge in [-0.25, -0.2) is 4.98 Å².